The van der Waals surface area contributed by atoms with Gasteiger partial charge in [0.1, 0.15) is 0 Å². The second-order valence-electron chi connectivity index (χ2n) is 5.73. The first kappa shape index (κ1) is 31.5. The zero-order valence-electron chi connectivity index (χ0n) is 13.9. The third-order valence-corrected chi connectivity index (χ3v) is 3.65. The van der Waals surface area contributed by atoms with E-state index in [1.165, 1.54) is 70.6 Å². The van der Waals surface area contributed by atoms with E-state index in [4.69, 9.17) is 5.11 Å². The van der Waals surface area contributed by atoms with Crippen molar-refractivity contribution in [2.45, 2.75) is 96.8 Å². The fourth-order valence-corrected chi connectivity index (χ4v) is 2.35. The number of hydrogen-bond donors (Lipinski definition) is 1. The van der Waals surface area contributed by atoms with E-state index >= 15 is 0 Å². The van der Waals surface area contributed by atoms with E-state index in [2.05, 4.69) is 19.1 Å². The first-order valence-electron chi connectivity index (χ1n) is 8.64. The van der Waals surface area contributed by atoms with Gasteiger partial charge in [0.25, 0.3) is 0 Å². The Morgan fingerprint density at radius 2 is 1.13 bits per heavy atom. The van der Waals surface area contributed by atoms with Crippen LogP contribution in [0.5, 0.6) is 0 Å². The second-order valence-corrected chi connectivity index (χ2v) is 5.73. The van der Waals surface area contributed by atoms with Gasteiger partial charge in [0, 0.05) is 6.42 Å². The molecule has 5 heteroatoms. The van der Waals surface area contributed by atoms with Crippen molar-refractivity contribution in [2.75, 3.05) is 0 Å². The first-order valence-corrected chi connectivity index (χ1v) is 8.64. The van der Waals surface area contributed by atoms with E-state index in [1.807, 2.05) is 0 Å². The summed E-state index contributed by atoms with van der Waals surface area (Å²) in [5.41, 5.74) is 0. The Hall–Kier alpha value is 0.702. The molecule has 0 unspecified atom stereocenters. The summed E-state index contributed by atoms with van der Waals surface area (Å²) in [6, 6.07) is 0. The van der Waals surface area contributed by atoms with Crippen LogP contribution in [-0.4, -0.2) is 62.7 Å². The van der Waals surface area contributed by atoms with Crippen LogP contribution < -0.4 is 0 Å². The fourth-order valence-electron chi connectivity index (χ4n) is 2.35. The molecule has 0 atom stereocenters. The van der Waals surface area contributed by atoms with Crippen LogP contribution in [0.4, 0.5) is 0 Å². The van der Waals surface area contributed by atoms with E-state index in [9.17, 15) is 4.79 Å². The maximum Gasteiger partial charge on any atom is 0.316 e. The molecule has 3 N–H and O–H groups in total. The number of allylic oxidation sites excluding steroid dienone is 2. The molecule has 23 heavy (non-hydrogen) atoms. The molecule has 0 bridgehead atoms. The van der Waals surface area contributed by atoms with Crippen LogP contribution in [0.15, 0.2) is 12.2 Å². The van der Waals surface area contributed by atoms with Crippen molar-refractivity contribution in [1.29, 1.82) is 0 Å². The minimum absolute atomic E-state index is 0. The van der Waals surface area contributed by atoms with Gasteiger partial charge >= 0.3 is 52.1 Å². The highest BCUT2D eigenvalue weighted by molar-refractivity contribution is 5.76. The van der Waals surface area contributed by atoms with Gasteiger partial charge in [-0.25, -0.2) is 0 Å². The van der Waals surface area contributed by atoms with E-state index in [-0.39, 0.29) is 51.6 Å². The van der Waals surface area contributed by atoms with E-state index < -0.39 is 5.97 Å². The summed E-state index contributed by atoms with van der Waals surface area (Å²) in [6.07, 6.45) is 21.2. The highest BCUT2D eigenvalue weighted by Crippen LogP contribution is 2.09. The van der Waals surface area contributed by atoms with Crippen molar-refractivity contribution < 1.29 is 15.4 Å². The SMILES string of the molecule is CCCCCCCC/C=C\CCCCCCCC(=O)O.O.[MgH2].[MgH2]. The van der Waals surface area contributed by atoms with Crippen molar-refractivity contribution in [3.05, 3.63) is 12.2 Å². The standard InChI is InChI=1S/C18H34O2.2Mg.H2O.4H/c1-2-3-4-5-6-7-8-9-10-11-12-13-14-15-16-17-18(19)20;;;;;;;/h9-10H,2-8,11-17H2,1H3,(H,19,20);;;1H2;;;;/b10-9-;;;;;;;. The smallest absolute Gasteiger partial charge is 0.316 e. The molecule has 0 aromatic carbocycles. The molecule has 0 heterocycles. The van der Waals surface area contributed by atoms with Gasteiger partial charge in [0.2, 0.25) is 0 Å². The molecule has 0 aromatic rings. The van der Waals surface area contributed by atoms with Gasteiger partial charge in [-0.3, -0.25) is 4.79 Å². The van der Waals surface area contributed by atoms with Gasteiger partial charge in [-0.1, -0.05) is 70.4 Å². The Kier molecular flexibility index (Phi) is 37.7. The van der Waals surface area contributed by atoms with Gasteiger partial charge in [-0.15, -0.1) is 0 Å². The van der Waals surface area contributed by atoms with E-state index in [0.717, 1.165) is 12.8 Å². The van der Waals surface area contributed by atoms with Crippen molar-refractivity contribution in [1.82, 2.24) is 0 Å². The van der Waals surface area contributed by atoms with Crippen molar-refractivity contribution >= 4 is 52.1 Å². The molecule has 0 aliphatic rings. The molecule has 134 valence electrons. The molecule has 0 amide bonds. The summed E-state index contributed by atoms with van der Waals surface area (Å²) in [6.45, 7) is 2.26. The molecule has 0 rings (SSSR count). The van der Waals surface area contributed by atoms with Gasteiger partial charge in [0.05, 0.1) is 0 Å². The molecule has 0 fully saturated rings. The minimum Gasteiger partial charge on any atom is -0.481 e. The maximum absolute atomic E-state index is 10.3. The number of carboxylic acid groups (broad SMARTS) is 1. The average molecular weight is 353 g/mol. The lowest BCUT2D eigenvalue weighted by atomic mass is 10.1. The monoisotopic (exact) mass is 352 g/mol. The lowest BCUT2D eigenvalue weighted by Gasteiger charge is -1.99. The Labute approximate surface area is 175 Å². The van der Waals surface area contributed by atoms with Crippen LogP contribution in [-0.2, 0) is 4.79 Å². The Balaban J connectivity index is -0.000000602. The average Bonchev–Trinajstić information content (AvgIpc) is 2.43. The highest BCUT2D eigenvalue weighted by Gasteiger charge is 1.95. The van der Waals surface area contributed by atoms with Crippen LogP contribution in [0.3, 0.4) is 0 Å². The van der Waals surface area contributed by atoms with Crippen molar-refractivity contribution in [3.63, 3.8) is 0 Å². The number of unbranched alkanes of at least 4 members (excludes halogenated alkanes) is 11. The Bertz CT molecular complexity index is 246. The third-order valence-electron chi connectivity index (χ3n) is 3.65. The van der Waals surface area contributed by atoms with Gasteiger partial charge < -0.3 is 10.6 Å². The fraction of sp³-hybridized carbons (Fsp3) is 0.833. The summed E-state index contributed by atoms with van der Waals surface area (Å²) < 4.78 is 0. The molecule has 0 spiro atoms. The lowest BCUT2D eigenvalue weighted by molar-refractivity contribution is -0.137. The number of hydrogen-bond acceptors (Lipinski definition) is 1. The maximum atomic E-state index is 10.3. The van der Waals surface area contributed by atoms with Crippen molar-refractivity contribution in [3.8, 4) is 0 Å². The largest absolute Gasteiger partial charge is 0.481 e. The third kappa shape index (κ3) is 31.0. The summed E-state index contributed by atoms with van der Waals surface area (Å²) in [7, 11) is 0. The highest BCUT2D eigenvalue weighted by atomic mass is 24.3. The Morgan fingerprint density at radius 1 is 0.739 bits per heavy atom. The van der Waals surface area contributed by atoms with E-state index in [1.54, 1.807) is 0 Å². The quantitative estimate of drug-likeness (QED) is 0.278. The normalized spacial score (nSPS) is 9.78. The van der Waals surface area contributed by atoms with Gasteiger partial charge in [-0.05, 0) is 32.1 Å². The van der Waals surface area contributed by atoms with Crippen LogP contribution in [0, 0.1) is 0 Å². The molecule has 0 radical (unpaired) electrons. The number of carboxylic acids is 1. The molecule has 0 saturated carbocycles. The van der Waals surface area contributed by atoms with Gasteiger partial charge in [0.15, 0.2) is 0 Å². The predicted molar refractivity (Wildman–Crippen MR) is 108 cm³/mol. The Morgan fingerprint density at radius 3 is 1.57 bits per heavy atom. The predicted octanol–water partition coefficient (Wildman–Crippen LogP) is 3.45. The number of carbonyl (C=O) groups is 1. The van der Waals surface area contributed by atoms with Crippen LogP contribution in [0.25, 0.3) is 0 Å². The molecule has 0 aliphatic heterocycles. The summed E-state index contributed by atoms with van der Waals surface area (Å²) >= 11 is 0. The first-order chi connectivity index (χ1) is 9.77. The zero-order chi connectivity index (χ0) is 14.9. The summed E-state index contributed by atoms with van der Waals surface area (Å²) in [5, 5.41) is 8.51. The van der Waals surface area contributed by atoms with Crippen LogP contribution in [0.2, 0.25) is 0 Å². The molecule has 0 saturated heterocycles. The summed E-state index contributed by atoms with van der Waals surface area (Å²) in [5.74, 6) is -0.664. The topological polar surface area (TPSA) is 68.8 Å². The lowest BCUT2D eigenvalue weighted by Crippen LogP contribution is -1.93. The zero-order valence-corrected chi connectivity index (χ0v) is 13.9. The van der Waals surface area contributed by atoms with Crippen molar-refractivity contribution in [2.24, 2.45) is 0 Å². The summed E-state index contributed by atoms with van der Waals surface area (Å²) in [4.78, 5) is 10.3. The van der Waals surface area contributed by atoms with Crippen LogP contribution >= 0.6 is 0 Å². The number of rotatable bonds is 15. The minimum atomic E-state index is -0.664. The number of aliphatic carboxylic acids is 1. The molecular weight excluding hydrogens is 313 g/mol. The van der Waals surface area contributed by atoms with Crippen LogP contribution in [0.1, 0.15) is 96.8 Å². The molecule has 0 aliphatic carbocycles. The second kappa shape index (κ2) is 27.5. The molecular formula is C18H40Mg2O3. The van der Waals surface area contributed by atoms with Gasteiger partial charge in [-0.2, -0.15) is 0 Å². The molecule has 3 nitrogen and oxygen atoms in total. The van der Waals surface area contributed by atoms with E-state index in [0.29, 0.717) is 6.42 Å². The molecule has 0 aromatic heterocycles.